The van der Waals surface area contributed by atoms with Gasteiger partial charge in [0.2, 0.25) is 5.91 Å². The molecule has 0 radical (unpaired) electrons. The summed E-state index contributed by atoms with van der Waals surface area (Å²) in [7, 11) is 0. The summed E-state index contributed by atoms with van der Waals surface area (Å²) >= 11 is 6.00. The fraction of sp³-hybridized carbons (Fsp3) is 0.350. The first-order valence-electron chi connectivity index (χ1n) is 8.33. The van der Waals surface area contributed by atoms with Crippen LogP contribution in [-0.2, 0) is 10.2 Å². The van der Waals surface area contributed by atoms with E-state index >= 15 is 0 Å². The predicted octanol–water partition coefficient (Wildman–Crippen LogP) is 4.74. The minimum atomic E-state index is -0.304. The SMILES string of the molecule is O=C(N1CCCC1c1ccccc1)C1(c2ccc(Cl)cc2)CC1. The third kappa shape index (κ3) is 2.55. The van der Waals surface area contributed by atoms with Crippen LogP contribution in [0.2, 0.25) is 5.02 Å². The summed E-state index contributed by atoms with van der Waals surface area (Å²) < 4.78 is 0. The summed E-state index contributed by atoms with van der Waals surface area (Å²) in [5.74, 6) is 0.297. The van der Waals surface area contributed by atoms with Gasteiger partial charge in [0.15, 0.2) is 0 Å². The molecule has 2 aromatic carbocycles. The lowest BCUT2D eigenvalue weighted by molar-refractivity contribution is -0.135. The number of rotatable bonds is 3. The lowest BCUT2D eigenvalue weighted by atomic mass is 9.93. The van der Waals surface area contributed by atoms with Gasteiger partial charge in [-0.05, 0) is 48.9 Å². The summed E-state index contributed by atoms with van der Waals surface area (Å²) in [5, 5.41) is 0.723. The highest BCUT2D eigenvalue weighted by atomic mass is 35.5. The number of halogens is 1. The van der Waals surface area contributed by atoms with Crippen molar-refractivity contribution in [3.05, 3.63) is 70.7 Å². The van der Waals surface area contributed by atoms with Gasteiger partial charge in [-0.15, -0.1) is 0 Å². The molecule has 1 saturated heterocycles. The van der Waals surface area contributed by atoms with Gasteiger partial charge in [-0.3, -0.25) is 4.79 Å². The van der Waals surface area contributed by atoms with E-state index in [1.165, 1.54) is 5.56 Å². The van der Waals surface area contributed by atoms with Crippen LogP contribution < -0.4 is 0 Å². The highest BCUT2D eigenvalue weighted by Crippen LogP contribution is 2.51. The van der Waals surface area contributed by atoms with Gasteiger partial charge in [0, 0.05) is 11.6 Å². The second-order valence-corrected chi connectivity index (χ2v) is 7.09. The van der Waals surface area contributed by atoms with Crippen molar-refractivity contribution in [2.75, 3.05) is 6.54 Å². The van der Waals surface area contributed by atoms with E-state index in [1.54, 1.807) is 0 Å². The molecule has 0 aromatic heterocycles. The van der Waals surface area contributed by atoms with Crippen LogP contribution in [0, 0.1) is 0 Å². The quantitative estimate of drug-likeness (QED) is 0.798. The molecule has 1 aliphatic carbocycles. The van der Waals surface area contributed by atoms with Crippen molar-refractivity contribution in [1.82, 2.24) is 4.90 Å². The number of carbonyl (C=O) groups is 1. The van der Waals surface area contributed by atoms with Crippen LogP contribution in [0.15, 0.2) is 54.6 Å². The Bertz CT molecular complexity index is 706. The molecule has 118 valence electrons. The van der Waals surface area contributed by atoms with Gasteiger partial charge >= 0.3 is 0 Å². The summed E-state index contributed by atoms with van der Waals surface area (Å²) in [4.78, 5) is 15.4. The second-order valence-electron chi connectivity index (χ2n) is 6.66. The largest absolute Gasteiger partial charge is 0.335 e. The summed E-state index contributed by atoms with van der Waals surface area (Å²) in [5.41, 5.74) is 2.07. The van der Waals surface area contributed by atoms with Gasteiger partial charge in [-0.25, -0.2) is 0 Å². The van der Waals surface area contributed by atoms with Crippen molar-refractivity contribution in [1.29, 1.82) is 0 Å². The van der Waals surface area contributed by atoms with Crippen LogP contribution >= 0.6 is 11.6 Å². The van der Waals surface area contributed by atoms with Crippen LogP contribution in [0.3, 0.4) is 0 Å². The zero-order chi connectivity index (χ0) is 15.9. The van der Waals surface area contributed by atoms with Gasteiger partial charge in [-0.2, -0.15) is 0 Å². The number of amides is 1. The minimum Gasteiger partial charge on any atom is -0.335 e. The fourth-order valence-corrected chi connectivity index (χ4v) is 3.95. The van der Waals surface area contributed by atoms with Crippen molar-refractivity contribution in [3.8, 4) is 0 Å². The summed E-state index contributed by atoms with van der Waals surface area (Å²) in [6, 6.07) is 18.5. The fourth-order valence-electron chi connectivity index (χ4n) is 3.83. The maximum Gasteiger partial charge on any atom is 0.233 e. The van der Waals surface area contributed by atoms with Crippen molar-refractivity contribution >= 4 is 17.5 Å². The molecule has 0 bridgehead atoms. The Balaban J connectivity index is 1.62. The summed E-state index contributed by atoms with van der Waals surface area (Å²) in [6.45, 7) is 0.869. The Morgan fingerprint density at radius 1 is 1.04 bits per heavy atom. The maximum atomic E-state index is 13.3. The smallest absolute Gasteiger partial charge is 0.233 e. The van der Waals surface area contributed by atoms with E-state index in [1.807, 2.05) is 30.3 Å². The van der Waals surface area contributed by atoms with Gasteiger partial charge in [-0.1, -0.05) is 54.1 Å². The molecule has 1 amide bonds. The molecule has 0 N–H and O–H groups in total. The molecule has 4 rings (SSSR count). The number of hydrogen-bond acceptors (Lipinski definition) is 1. The van der Waals surface area contributed by atoms with E-state index in [2.05, 4.69) is 29.2 Å². The molecule has 2 aromatic rings. The van der Waals surface area contributed by atoms with Crippen LogP contribution in [0.25, 0.3) is 0 Å². The molecule has 2 nitrogen and oxygen atoms in total. The number of nitrogens with zero attached hydrogens (tertiary/aromatic N) is 1. The van der Waals surface area contributed by atoms with Crippen molar-refractivity contribution < 1.29 is 4.79 Å². The van der Waals surface area contributed by atoms with Gasteiger partial charge < -0.3 is 4.90 Å². The van der Waals surface area contributed by atoms with Crippen molar-refractivity contribution in [3.63, 3.8) is 0 Å². The van der Waals surface area contributed by atoms with Crippen LogP contribution in [0.5, 0.6) is 0 Å². The van der Waals surface area contributed by atoms with Crippen molar-refractivity contribution in [2.24, 2.45) is 0 Å². The van der Waals surface area contributed by atoms with E-state index < -0.39 is 0 Å². The Morgan fingerprint density at radius 2 is 1.74 bits per heavy atom. The molecular weight excluding hydrogens is 306 g/mol. The molecule has 1 unspecified atom stereocenters. The zero-order valence-corrected chi connectivity index (χ0v) is 13.8. The Morgan fingerprint density at radius 3 is 2.39 bits per heavy atom. The molecule has 1 saturated carbocycles. The highest BCUT2D eigenvalue weighted by molar-refractivity contribution is 6.30. The van der Waals surface area contributed by atoms with E-state index in [-0.39, 0.29) is 11.5 Å². The van der Waals surface area contributed by atoms with E-state index in [0.717, 1.165) is 42.8 Å². The Hall–Kier alpha value is -1.80. The molecule has 1 atom stereocenters. The first kappa shape index (κ1) is 14.8. The molecule has 2 fully saturated rings. The topological polar surface area (TPSA) is 20.3 Å². The molecule has 3 heteroatoms. The lowest BCUT2D eigenvalue weighted by Crippen LogP contribution is -2.38. The third-order valence-electron chi connectivity index (χ3n) is 5.25. The van der Waals surface area contributed by atoms with Gasteiger partial charge in [0.05, 0.1) is 11.5 Å². The summed E-state index contributed by atoms with van der Waals surface area (Å²) in [6.07, 6.45) is 4.05. The number of hydrogen-bond donors (Lipinski definition) is 0. The predicted molar refractivity (Wildman–Crippen MR) is 92.5 cm³/mol. The monoisotopic (exact) mass is 325 g/mol. The average Bonchev–Trinajstić information content (AvgIpc) is 3.25. The van der Waals surface area contributed by atoms with E-state index in [9.17, 15) is 4.79 Å². The molecule has 0 spiro atoms. The molecule has 1 aliphatic heterocycles. The van der Waals surface area contributed by atoms with Gasteiger partial charge in [0.1, 0.15) is 0 Å². The molecular formula is C20H20ClNO. The first-order chi connectivity index (χ1) is 11.2. The average molecular weight is 326 g/mol. The van der Waals surface area contributed by atoms with Gasteiger partial charge in [0.25, 0.3) is 0 Å². The maximum absolute atomic E-state index is 13.3. The normalized spacial score (nSPS) is 22.1. The van der Waals surface area contributed by atoms with Crippen LogP contribution in [-0.4, -0.2) is 17.4 Å². The zero-order valence-electron chi connectivity index (χ0n) is 13.0. The number of carbonyl (C=O) groups excluding carboxylic acids is 1. The number of likely N-dealkylation sites (tertiary alicyclic amines) is 1. The Kier molecular flexibility index (Phi) is 3.65. The van der Waals surface area contributed by atoms with Crippen molar-refractivity contribution in [2.45, 2.75) is 37.1 Å². The minimum absolute atomic E-state index is 0.230. The molecule has 1 heterocycles. The molecule has 23 heavy (non-hydrogen) atoms. The standard InChI is InChI=1S/C20H20ClNO/c21-17-10-8-16(9-11-17)20(12-13-20)19(23)22-14-4-7-18(22)15-5-2-1-3-6-15/h1-3,5-6,8-11,18H,4,7,12-14H2. The Labute approximate surface area is 142 Å². The van der Waals surface area contributed by atoms with Crippen LogP contribution in [0.1, 0.15) is 42.9 Å². The molecule has 2 aliphatic rings. The van der Waals surface area contributed by atoms with E-state index in [4.69, 9.17) is 11.6 Å². The highest BCUT2D eigenvalue weighted by Gasteiger charge is 2.54. The lowest BCUT2D eigenvalue weighted by Gasteiger charge is -2.29. The van der Waals surface area contributed by atoms with Crippen LogP contribution in [0.4, 0.5) is 0 Å². The van der Waals surface area contributed by atoms with E-state index in [0.29, 0.717) is 5.91 Å². The first-order valence-corrected chi connectivity index (χ1v) is 8.71. The third-order valence-corrected chi connectivity index (χ3v) is 5.51. The second kappa shape index (κ2) is 5.68. The number of benzene rings is 2.